The van der Waals surface area contributed by atoms with Crippen molar-refractivity contribution in [2.75, 3.05) is 26.8 Å². The van der Waals surface area contributed by atoms with Crippen LogP contribution in [0.15, 0.2) is 24.3 Å². The highest BCUT2D eigenvalue weighted by atomic mass is 16.5. The molecule has 1 rings (SSSR count). The molecule has 0 radical (unpaired) electrons. The molecule has 2 amide bonds. The van der Waals surface area contributed by atoms with Crippen LogP contribution in [-0.4, -0.2) is 38.6 Å². The topological polar surface area (TPSA) is 67.4 Å². The van der Waals surface area contributed by atoms with Crippen LogP contribution >= 0.6 is 0 Å². The Morgan fingerprint density at radius 1 is 1.10 bits per heavy atom. The monoisotopic (exact) mass is 278 g/mol. The van der Waals surface area contributed by atoms with Crippen LogP contribution in [-0.2, 0) is 9.53 Å². The molecule has 0 atom stereocenters. The minimum atomic E-state index is -0.192. The fourth-order valence-corrected chi connectivity index (χ4v) is 1.68. The third-order valence-corrected chi connectivity index (χ3v) is 2.85. The van der Waals surface area contributed by atoms with Crippen molar-refractivity contribution in [3.8, 4) is 0 Å². The van der Waals surface area contributed by atoms with E-state index in [1.54, 1.807) is 0 Å². The highest BCUT2D eigenvalue weighted by Crippen LogP contribution is 2.14. The van der Waals surface area contributed by atoms with Gasteiger partial charge in [-0.05, 0) is 23.6 Å². The van der Waals surface area contributed by atoms with Gasteiger partial charge < -0.3 is 15.4 Å². The third kappa shape index (κ3) is 5.40. The number of ether oxygens (including phenoxy) is 1. The standard InChI is InChI=1S/C15H22N2O3/c1-11(2)12-4-6-13(7-5-12)15(19)17-9-8-16-14(18)10-20-3/h4-7,11H,8-10H2,1-3H3,(H,16,18)(H,17,19). The largest absolute Gasteiger partial charge is 0.375 e. The van der Waals surface area contributed by atoms with E-state index in [4.69, 9.17) is 0 Å². The molecule has 0 aliphatic heterocycles. The summed E-state index contributed by atoms with van der Waals surface area (Å²) in [7, 11) is 1.46. The van der Waals surface area contributed by atoms with Crippen LogP contribution in [0.1, 0.15) is 35.7 Å². The Balaban J connectivity index is 2.34. The SMILES string of the molecule is COCC(=O)NCCNC(=O)c1ccc(C(C)C)cc1. The van der Waals surface area contributed by atoms with E-state index in [0.29, 0.717) is 24.6 Å². The lowest BCUT2D eigenvalue weighted by Crippen LogP contribution is -2.36. The van der Waals surface area contributed by atoms with Gasteiger partial charge in [0.05, 0.1) is 0 Å². The maximum absolute atomic E-state index is 11.8. The van der Waals surface area contributed by atoms with Crippen molar-refractivity contribution < 1.29 is 14.3 Å². The minimum Gasteiger partial charge on any atom is -0.375 e. The normalized spacial score (nSPS) is 10.4. The first-order valence-corrected chi connectivity index (χ1v) is 6.68. The summed E-state index contributed by atoms with van der Waals surface area (Å²) in [6.07, 6.45) is 0. The molecule has 110 valence electrons. The van der Waals surface area contributed by atoms with E-state index in [-0.39, 0.29) is 18.4 Å². The Hall–Kier alpha value is -1.88. The van der Waals surface area contributed by atoms with Crippen LogP contribution in [0.2, 0.25) is 0 Å². The average Bonchev–Trinajstić information content (AvgIpc) is 2.43. The van der Waals surface area contributed by atoms with Crippen molar-refractivity contribution in [1.29, 1.82) is 0 Å². The van der Waals surface area contributed by atoms with Crippen LogP contribution in [0.3, 0.4) is 0 Å². The second-order valence-corrected chi connectivity index (χ2v) is 4.82. The summed E-state index contributed by atoms with van der Waals surface area (Å²) in [4.78, 5) is 23.0. The zero-order chi connectivity index (χ0) is 15.0. The molecule has 0 aliphatic rings. The first kappa shape index (κ1) is 16.2. The number of hydrogen-bond donors (Lipinski definition) is 2. The Kier molecular flexibility index (Phi) is 6.73. The van der Waals surface area contributed by atoms with Gasteiger partial charge >= 0.3 is 0 Å². The third-order valence-electron chi connectivity index (χ3n) is 2.85. The van der Waals surface area contributed by atoms with E-state index < -0.39 is 0 Å². The number of rotatable bonds is 7. The molecule has 0 heterocycles. The highest BCUT2D eigenvalue weighted by Gasteiger charge is 2.06. The second kappa shape index (κ2) is 8.32. The van der Waals surface area contributed by atoms with E-state index in [1.807, 2.05) is 24.3 Å². The van der Waals surface area contributed by atoms with Crippen molar-refractivity contribution in [2.45, 2.75) is 19.8 Å². The van der Waals surface area contributed by atoms with Gasteiger partial charge in [0.15, 0.2) is 0 Å². The van der Waals surface area contributed by atoms with Gasteiger partial charge in [0.2, 0.25) is 5.91 Å². The van der Waals surface area contributed by atoms with Gasteiger partial charge in [-0.3, -0.25) is 9.59 Å². The molecular formula is C15H22N2O3. The molecule has 1 aromatic carbocycles. The van der Waals surface area contributed by atoms with Crippen LogP contribution < -0.4 is 10.6 Å². The molecule has 1 aromatic rings. The summed E-state index contributed by atoms with van der Waals surface area (Å²) in [6.45, 7) is 5.03. The Labute approximate surface area is 119 Å². The number of hydrogen-bond acceptors (Lipinski definition) is 3. The molecule has 0 spiro atoms. The second-order valence-electron chi connectivity index (χ2n) is 4.82. The fourth-order valence-electron chi connectivity index (χ4n) is 1.68. The van der Waals surface area contributed by atoms with Gasteiger partial charge in [0.1, 0.15) is 6.61 Å². The summed E-state index contributed by atoms with van der Waals surface area (Å²) in [6, 6.07) is 7.54. The van der Waals surface area contributed by atoms with Gasteiger partial charge in [-0.2, -0.15) is 0 Å². The van der Waals surface area contributed by atoms with E-state index >= 15 is 0 Å². The van der Waals surface area contributed by atoms with Gasteiger partial charge in [-0.25, -0.2) is 0 Å². The van der Waals surface area contributed by atoms with Gasteiger partial charge in [-0.1, -0.05) is 26.0 Å². The van der Waals surface area contributed by atoms with Crippen molar-refractivity contribution in [3.05, 3.63) is 35.4 Å². The van der Waals surface area contributed by atoms with E-state index in [1.165, 1.54) is 12.7 Å². The molecule has 20 heavy (non-hydrogen) atoms. The number of benzene rings is 1. The number of nitrogens with one attached hydrogen (secondary N) is 2. The number of amides is 2. The lowest BCUT2D eigenvalue weighted by atomic mass is 10.0. The van der Waals surface area contributed by atoms with E-state index in [9.17, 15) is 9.59 Å². The number of methoxy groups -OCH3 is 1. The van der Waals surface area contributed by atoms with Gasteiger partial charge in [0, 0.05) is 25.8 Å². The zero-order valence-corrected chi connectivity index (χ0v) is 12.2. The summed E-state index contributed by atoms with van der Waals surface area (Å²) in [5.41, 5.74) is 1.82. The number of carbonyl (C=O) groups excluding carboxylic acids is 2. The van der Waals surface area contributed by atoms with Crippen LogP contribution in [0.4, 0.5) is 0 Å². The molecule has 5 nitrogen and oxygen atoms in total. The molecule has 0 unspecified atom stereocenters. The molecule has 0 fully saturated rings. The zero-order valence-electron chi connectivity index (χ0n) is 12.2. The average molecular weight is 278 g/mol. The molecule has 2 N–H and O–H groups in total. The molecule has 0 aromatic heterocycles. The highest BCUT2D eigenvalue weighted by molar-refractivity contribution is 5.94. The predicted molar refractivity (Wildman–Crippen MR) is 77.7 cm³/mol. The Bertz CT molecular complexity index is 441. The summed E-state index contributed by atoms with van der Waals surface area (Å²) < 4.78 is 4.68. The molecular weight excluding hydrogens is 256 g/mol. The first-order chi connectivity index (χ1) is 9.54. The molecule has 0 aliphatic carbocycles. The first-order valence-electron chi connectivity index (χ1n) is 6.68. The minimum absolute atomic E-state index is 0.0324. The lowest BCUT2D eigenvalue weighted by molar-refractivity contribution is -0.124. The van der Waals surface area contributed by atoms with E-state index in [0.717, 1.165) is 0 Å². The van der Waals surface area contributed by atoms with Crippen molar-refractivity contribution >= 4 is 11.8 Å². The Morgan fingerprint density at radius 2 is 1.70 bits per heavy atom. The predicted octanol–water partition coefficient (Wildman–Crippen LogP) is 1.30. The van der Waals surface area contributed by atoms with Crippen molar-refractivity contribution in [3.63, 3.8) is 0 Å². The fraction of sp³-hybridized carbons (Fsp3) is 0.467. The molecule has 0 saturated heterocycles. The molecule has 0 saturated carbocycles. The summed E-state index contributed by atoms with van der Waals surface area (Å²) >= 11 is 0. The van der Waals surface area contributed by atoms with Gasteiger partial charge in [-0.15, -0.1) is 0 Å². The lowest BCUT2D eigenvalue weighted by Gasteiger charge is -2.08. The molecule has 0 bridgehead atoms. The molecule has 5 heteroatoms. The van der Waals surface area contributed by atoms with Crippen molar-refractivity contribution in [1.82, 2.24) is 10.6 Å². The van der Waals surface area contributed by atoms with Crippen LogP contribution in [0.25, 0.3) is 0 Å². The van der Waals surface area contributed by atoms with Crippen molar-refractivity contribution in [2.24, 2.45) is 0 Å². The van der Waals surface area contributed by atoms with E-state index in [2.05, 4.69) is 29.2 Å². The smallest absolute Gasteiger partial charge is 0.251 e. The van der Waals surface area contributed by atoms with Crippen LogP contribution in [0, 0.1) is 0 Å². The van der Waals surface area contributed by atoms with Gasteiger partial charge in [0.25, 0.3) is 5.91 Å². The number of carbonyl (C=O) groups is 2. The quantitative estimate of drug-likeness (QED) is 0.739. The Morgan fingerprint density at radius 3 is 2.25 bits per heavy atom. The summed E-state index contributed by atoms with van der Waals surface area (Å²) in [5, 5.41) is 5.39. The maximum Gasteiger partial charge on any atom is 0.251 e. The summed E-state index contributed by atoms with van der Waals surface area (Å²) in [5.74, 6) is 0.118. The van der Waals surface area contributed by atoms with Crippen LogP contribution in [0.5, 0.6) is 0 Å². The maximum atomic E-state index is 11.8.